The highest BCUT2D eigenvalue weighted by Gasteiger charge is 2.22. The third-order valence-corrected chi connectivity index (χ3v) is 10.0. The van der Waals surface area contributed by atoms with E-state index in [1.165, 1.54) is 11.1 Å². The molecule has 10 aromatic rings. The second-order valence-corrected chi connectivity index (χ2v) is 13.6. The number of furan rings is 1. The molecule has 0 unspecified atom stereocenters. The van der Waals surface area contributed by atoms with Gasteiger partial charge in [-0.1, -0.05) is 145 Å². The van der Waals surface area contributed by atoms with Crippen LogP contribution in [0.3, 0.4) is 0 Å². The SMILES string of the molecule is Cc1ccc(-c2nc(-c3ccc(C)cc3)nc(-c3cccc(-c4c5c(cc6c(-c7ccccc7)nc7ccccc7c46)oc4ccccc45)c3)n2)cc1. The summed E-state index contributed by atoms with van der Waals surface area (Å²) in [6, 6.07) is 54.5. The fourth-order valence-corrected chi connectivity index (χ4v) is 7.40. The molecule has 0 spiro atoms. The van der Waals surface area contributed by atoms with E-state index in [0.29, 0.717) is 17.5 Å². The number of hydrogen-bond donors (Lipinski definition) is 0. The molecule has 5 heteroatoms. The Morgan fingerprint density at radius 2 is 0.943 bits per heavy atom. The normalized spacial score (nSPS) is 11.6. The molecule has 7 aromatic carbocycles. The van der Waals surface area contributed by atoms with E-state index in [0.717, 1.165) is 82.7 Å². The quantitative estimate of drug-likeness (QED) is 0.169. The van der Waals surface area contributed by atoms with Crippen LogP contribution in [0.2, 0.25) is 0 Å². The van der Waals surface area contributed by atoms with Crippen molar-refractivity contribution in [2.75, 3.05) is 0 Å². The predicted octanol–water partition coefficient (Wildman–Crippen LogP) is 12.4. The van der Waals surface area contributed by atoms with Crippen LogP contribution in [0.4, 0.5) is 0 Å². The molecule has 3 heterocycles. The molecule has 0 aliphatic carbocycles. The molecule has 0 atom stereocenters. The van der Waals surface area contributed by atoms with Crippen molar-refractivity contribution in [3.05, 3.63) is 169 Å². The van der Waals surface area contributed by atoms with E-state index in [9.17, 15) is 0 Å². The van der Waals surface area contributed by atoms with Gasteiger partial charge in [0.05, 0.1) is 11.2 Å². The molecular formula is C48H32N4O. The molecule has 0 radical (unpaired) electrons. The van der Waals surface area contributed by atoms with Crippen molar-refractivity contribution < 1.29 is 4.42 Å². The molecule has 3 aromatic heterocycles. The lowest BCUT2D eigenvalue weighted by Gasteiger charge is -2.16. The van der Waals surface area contributed by atoms with Gasteiger partial charge in [0.1, 0.15) is 11.2 Å². The average molecular weight is 681 g/mol. The molecule has 5 nitrogen and oxygen atoms in total. The van der Waals surface area contributed by atoms with E-state index in [-0.39, 0.29) is 0 Å². The smallest absolute Gasteiger partial charge is 0.164 e. The fraction of sp³-hybridized carbons (Fsp3) is 0.0417. The van der Waals surface area contributed by atoms with Gasteiger partial charge in [0.25, 0.3) is 0 Å². The summed E-state index contributed by atoms with van der Waals surface area (Å²) in [6.07, 6.45) is 0. The number of aryl methyl sites for hydroxylation is 2. The minimum atomic E-state index is 0.609. The van der Waals surface area contributed by atoms with Gasteiger partial charge < -0.3 is 4.42 Å². The summed E-state index contributed by atoms with van der Waals surface area (Å²) >= 11 is 0. The Kier molecular flexibility index (Phi) is 7.18. The second kappa shape index (κ2) is 12.4. The Labute approximate surface area is 306 Å². The molecule has 0 amide bonds. The third-order valence-electron chi connectivity index (χ3n) is 10.0. The second-order valence-electron chi connectivity index (χ2n) is 13.6. The van der Waals surface area contributed by atoms with Crippen molar-refractivity contribution >= 4 is 43.6 Å². The highest BCUT2D eigenvalue weighted by atomic mass is 16.3. The number of fused-ring (bicyclic) bond motifs is 6. The summed E-state index contributed by atoms with van der Waals surface area (Å²) in [5, 5.41) is 5.37. The molecule has 250 valence electrons. The Bertz CT molecular complexity index is 2940. The van der Waals surface area contributed by atoms with Gasteiger partial charge in [0.2, 0.25) is 0 Å². The maximum atomic E-state index is 6.63. The summed E-state index contributed by atoms with van der Waals surface area (Å²) in [6.45, 7) is 4.17. The van der Waals surface area contributed by atoms with E-state index >= 15 is 0 Å². The fourth-order valence-electron chi connectivity index (χ4n) is 7.40. The number of para-hydroxylation sites is 2. The maximum Gasteiger partial charge on any atom is 0.164 e. The van der Waals surface area contributed by atoms with Crippen LogP contribution in [0.1, 0.15) is 11.1 Å². The molecule has 0 aliphatic heterocycles. The molecule has 0 N–H and O–H groups in total. The number of benzene rings is 7. The summed E-state index contributed by atoms with van der Waals surface area (Å²) in [5.41, 5.74) is 11.8. The Hall–Kier alpha value is -6.98. The van der Waals surface area contributed by atoms with Crippen molar-refractivity contribution in [3.63, 3.8) is 0 Å². The van der Waals surface area contributed by atoms with E-state index in [1.54, 1.807) is 0 Å². The largest absolute Gasteiger partial charge is 0.456 e. The van der Waals surface area contributed by atoms with Crippen LogP contribution in [0.25, 0.3) is 100 Å². The summed E-state index contributed by atoms with van der Waals surface area (Å²) in [5.74, 6) is 1.88. The lowest BCUT2D eigenvalue weighted by molar-refractivity contribution is 0.669. The van der Waals surface area contributed by atoms with Crippen LogP contribution >= 0.6 is 0 Å². The van der Waals surface area contributed by atoms with Gasteiger partial charge >= 0.3 is 0 Å². The average Bonchev–Trinajstić information content (AvgIpc) is 3.58. The first-order valence-corrected chi connectivity index (χ1v) is 17.8. The summed E-state index contributed by atoms with van der Waals surface area (Å²) in [4.78, 5) is 20.4. The molecule has 0 saturated heterocycles. The number of pyridine rings is 1. The first-order valence-electron chi connectivity index (χ1n) is 17.8. The minimum absolute atomic E-state index is 0.609. The van der Waals surface area contributed by atoms with Crippen LogP contribution in [-0.2, 0) is 0 Å². The van der Waals surface area contributed by atoms with Gasteiger partial charge in [0, 0.05) is 54.7 Å². The van der Waals surface area contributed by atoms with E-state index in [4.69, 9.17) is 24.4 Å². The van der Waals surface area contributed by atoms with Crippen molar-refractivity contribution in [2.24, 2.45) is 0 Å². The first-order chi connectivity index (χ1) is 26.1. The van der Waals surface area contributed by atoms with Crippen molar-refractivity contribution in [1.29, 1.82) is 0 Å². The number of rotatable bonds is 5. The molecule has 53 heavy (non-hydrogen) atoms. The monoisotopic (exact) mass is 680 g/mol. The number of nitrogens with zero attached hydrogens (tertiary/aromatic N) is 4. The zero-order valence-corrected chi connectivity index (χ0v) is 29.2. The molecule has 10 rings (SSSR count). The zero-order chi connectivity index (χ0) is 35.5. The van der Waals surface area contributed by atoms with Crippen LogP contribution in [0, 0.1) is 13.8 Å². The lowest BCUT2D eigenvalue weighted by Crippen LogP contribution is -2.00. The lowest BCUT2D eigenvalue weighted by atomic mass is 9.89. The molecular weight excluding hydrogens is 649 g/mol. The van der Waals surface area contributed by atoms with Crippen molar-refractivity contribution in [2.45, 2.75) is 13.8 Å². The highest BCUT2D eigenvalue weighted by molar-refractivity contribution is 6.27. The number of hydrogen-bond acceptors (Lipinski definition) is 5. The number of aromatic nitrogens is 4. The van der Waals surface area contributed by atoms with Crippen LogP contribution in [-0.4, -0.2) is 19.9 Å². The van der Waals surface area contributed by atoms with Crippen LogP contribution < -0.4 is 0 Å². The molecule has 0 fully saturated rings. The van der Waals surface area contributed by atoms with E-state index in [2.05, 4.69) is 153 Å². The van der Waals surface area contributed by atoms with Crippen LogP contribution in [0.15, 0.2) is 162 Å². The Balaban J connectivity index is 1.28. The molecule has 0 aliphatic rings. The maximum absolute atomic E-state index is 6.63. The van der Waals surface area contributed by atoms with Gasteiger partial charge in [-0.2, -0.15) is 0 Å². The standard InChI is InChI=1S/C48H32N4O/c1-29-19-23-32(24-20-29)46-50-47(33-25-21-30(2)22-26-33)52-48(51-46)35-14-10-13-34(27-35)42-43-36-15-6-8-17-39(36)49-45(31-11-4-3-5-12-31)38(43)28-41-44(42)37-16-7-9-18-40(37)53-41/h3-28H,1-2H3. The van der Waals surface area contributed by atoms with Gasteiger partial charge in [-0.15, -0.1) is 0 Å². The van der Waals surface area contributed by atoms with Gasteiger partial charge in [-0.25, -0.2) is 19.9 Å². The van der Waals surface area contributed by atoms with Crippen LogP contribution in [0.5, 0.6) is 0 Å². The van der Waals surface area contributed by atoms with E-state index < -0.39 is 0 Å². The van der Waals surface area contributed by atoms with Crippen molar-refractivity contribution in [1.82, 2.24) is 19.9 Å². The minimum Gasteiger partial charge on any atom is -0.456 e. The molecule has 0 saturated carbocycles. The van der Waals surface area contributed by atoms with Gasteiger partial charge in [-0.05, 0) is 43.7 Å². The zero-order valence-electron chi connectivity index (χ0n) is 29.2. The first kappa shape index (κ1) is 30.8. The summed E-state index contributed by atoms with van der Waals surface area (Å²) < 4.78 is 6.63. The Morgan fingerprint density at radius 1 is 0.377 bits per heavy atom. The van der Waals surface area contributed by atoms with E-state index in [1.807, 2.05) is 18.2 Å². The third kappa shape index (κ3) is 5.33. The topological polar surface area (TPSA) is 64.7 Å². The summed E-state index contributed by atoms with van der Waals surface area (Å²) in [7, 11) is 0. The molecule has 0 bridgehead atoms. The van der Waals surface area contributed by atoms with Gasteiger partial charge in [-0.3, -0.25) is 0 Å². The highest BCUT2D eigenvalue weighted by Crippen LogP contribution is 2.46. The van der Waals surface area contributed by atoms with Crippen molar-refractivity contribution in [3.8, 4) is 56.5 Å². The Morgan fingerprint density at radius 3 is 1.64 bits per heavy atom. The van der Waals surface area contributed by atoms with Gasteiger partial charge in [0.15, 0.2) is 17.5 Å². The predicted molar refractivity (Wildman–Crippen MR) is 217 cm³/mol.